The molecule has 2 rings (SSSR count). The fraction of sp³-hybridized carbons (Fsp3) is 0.471. The van der Waals surface area contributed by atoms with Crippen LogP contribution < -0.4 is 5.32 Å². The summed E-state index contributed by atoms with van der Waals surface area (Å²) < 4.78 is 13.8. The summed E-state index contributed by atoms with van der Waals surface area (Å²) in [6.07, 6.45) is 5.91. The molecule has 2 nitrogen and oxygen atoms in total. The zero-order valence-electron chi connectivity index (χ0n) is 12.4. The molecule has 1 atom stereocenters. The number of nitrogens with one attached hydrogen (secondary N) is 1. The van der Waals surface area contributed by atoms with Crippen LogP contribution in [0.5, 0.6) is 0 Å². The Hall–Kier alpha value is -1.64. The third kappa shape index (κ3) is 3.27. The number of amides is 1. The van der Waals surface area contributed by atoms with Crippen molar-refractivity contribution in [3.8, 4) is 0 Å². The van der Waals surface area contributed by atoms with Crippen molar-refractivity contribution in [3.05, 3.63) is 35.7 Å². The first-order chi connectivity index (χ1) is 9.41. The van der Waals surface area contributed by atoms with Crippen LogP contribution >= 0.6 is 0 Å². The van der Waals surface area contributed by atoms with Gasteiger partial charge >= 0.3 is 0 Å². The molecule has 0 aromatic heterocycles. The van der Waals surface area contributed by atoms with E-state index in [1.807, 2.05) is 6.07 Å². The van der Waals surface area contributed by atoms with Crippen molar-refractivity contribution < 1.29 is 9.18 Å². The summed E-state index contributed by atoms with van der Waals surface area (Å²) in [5, 5.41) is 2.36. The molecule has 108 valence electrons. The largest absolute Gasteiger partial charge is 0.326 e. The Labute approximate surface area is 120 Å². The van der Waals surface area contributed by atoms with E-state index in [1.54, 1.807) is 6.07 Å². The third-order valence-electron chi connectivity index (χ3n) is 4.19. The summed E-state index contributed by atoms with van der Waals surface area (Å²) >= 11 is 0. The summed E-state index contributed by atoms with van der Waals surface area (Å²) in [5.41, 5.74) is 2.69. The highest BCUT2D eigenvalue weighted by Crippen LogP contribution is 2.39. The Morgan fingerprint density at radius 2 is 2.10 bits per heavy atom. The Bertz CT molecular complexity index is 528. The molecule has 0 saturated carbocycles. The van der Waals surface area contributed by atoms with Gasteiger partial charge in [-0.3, -0.25) is 4.79 Å². The first-order valence-corrected chi connectivity index (χ1v) is 7.11. The second-order valence-corrected chi connectivity index (χ2v) is 6.52. The zero-order valence-corrected chi connectivity index (χ0v) is 12.4. The number of carbonyl (C=O) groups excluding carboxylic acids is 1. The Morgan fingerprint density at radius 3 is 2.60 bits per heavy atom. The first kappa shape index (κ1) is 14.8. The third-order valence-corrected chi connectivity index (χ3v) is 4.19. The molecule has 0 fully saturated rings. The highest BCUT2D eigenvalue weighted by Gasteiger charge is 2.26. The van der Waals surface area contributed by atoms with Gasteiger partial charge in [0.05, 0.1) is 5.69 Å². The maximum Gasteiger partial charge on any atom is 0.211 e. The van der Waals surface area contributed by atoms with E-state index < -0.39 is 0 Å². The van der Waals surface area contributed by atoms with Crippen LogP contribution in [-0.2, 0) is 4.79 Å². The molecule has 0 bridgehead atoms. The second kappa shape index (κ2) is 5.78. The molecule has 20 heavy (non-hydrogen) atoms. The van der Waals surface area contributed by atoms with Crippen LogP contribution in [-0.4, -0.2) is 6.41 Å². The molecule has 1 aliphatic carbocycles. The molecule has 1 aliphatic rings. The van der Waals surface area contributed by atoms with Gasteiger partial charge in [0.1, 0.15) is 5.82 Å². The molecule has 1 aromatic rings. The van der Waals surface area contributed by atoms with Gasteiger partial charge in [-0.05, 0) is 53.9 Å². The SMILES string of the molecule is CC(C)(C)C1CC=C(c2ccc(NC=O)c(F)c2)CC1. The lowest BCUT2D eigenvalue weighted by Gasteiger charge is -2.33. The minimum absolute atomic E-state index is 0.229. The van der Waals surface area contributed by atoms with E-state index in [9.17, 15) is 9.18 Å². The lowest BCUT2D eigenvalue weighted by atomic mass is 9.72. The van der Waals surface area contributed by atoms with E-state index in [0.717, 1.165) is 24.8 Å². The number of rotatable bonds is 3. The summed E-state index contributed by atoms with van der Waals surface area (Å²) in [4.78, 5) is 10.4. The minimum Gasteiger partial charge on any atom is -0.326 e. The molecule has 0 aliphatic heterocycles. The summed E-state index contributed by atoms with van der Waals surface area (Å²) in [6, 6.07) is 5.00. The van der Waals surface area contributed by atoms with Crippen molar-refractivity contribution in [2.45, 2.75) is 40.0 Å². The quantitative estimate of drug-likeness (QED) is 0.801. The van der Waals surface area contributed by atoms with Gasteiger partial charge in [-0.1, -0.05) is 32.9 Å². The number of halogens is 1. The monoisotopic (exact) mass is 275 g/mol. The van der Waals surface area contributed by atoms with Gasteiger partial charge in [0.25, 0.3) is 0 Å². The van der Waals surface area contributed by atoms with Gasteiger partial charge in [0.15, 0.2) is 0 Å². The Morgan fingerprint density at radius 1 is 1.35 bits per heavy atom. The van der Waals surface area contributed by atoms with Crippen molar-refractivity contribution in [2.75, 3.05) is 5.32 Å². The molecule has 3 heteroatoms. The number of benzene rings is 1. The van der Waals surface area contributed by atoms with E-state index in [0.29, 0.717) is 17.7 Å². The average molecular weight is 275 g/mol. The van der Waals surface area contributed by atoms with Crippen molar-refractivity contribution >= 4 is 17.7 Å². The molecular formula is C17H22FNO. The number of allylic oxidation sites excluding steroid dienone is 2. The normalized spacial score (nSPS) is 19.4. The number of carbonyl (C=O) groups is 1. The summed E-state index contributed by atoms with van der Waals surface area (Å²) in [5.74, 6) is 0.306. The van der Waals surface area contributed by atoms with Crippen LogP contribution in [0.2, 0.25) is 0 Å². The molecular weight excluding hydrogens is 253 g/mol. The molecule has 0 saturated heterocycles. The fourth-order valence-electron chi connectivity index (χ4n) is 2.78. The molecule has 1 unspecified atom stereocenters. The lowest BCUT2D eigenvalue weighted by molar-refractivity contribution is -0.105. The minimum atomic E-state index is -0.381. The van der Waals surface area contributed by atoms with E-state index in [4.69, 9.17) is 0 Å². The fourth-order valence-corrected chi connectivity index (χ4v) is 2.78. The van der Waals surface area contributed by atoms with Crippen LogP contribution in [0.15, 0.2) is 24.3 Å². The predicted molar refractivity (Wildman–Crippen MR) is 80.9 cm³/mol. The summed E-state index contributed by atoms with van der Waals surface area (Å²) in [7, 11) is 0. The molecule has 1 aromatic carbocycles. The van der Waals surface area contributed by atoms with Crippen LogP contribution in [0, 0.1) is 17.2 Å². The number of hydrogen-bond acceptors (Lipinski definition) is 1. The van der Waals surface area contributed by atoms with Crippen molar-refractivity contribution in [1.29, 1.82) is 0 Å². The number of hydrogen-bond donors (Lipinski definition) is 1. The molecule has 0 spiro atoms. The standard InChI is InChI=1S/C17H22FNO/c1-17(2,3)14-7-4-12(5-8-14)13-6-9-16(19-11-20)15(18)10-13/h4,6,9-11,14H,5,7-8H2,1-3H3,(H,19,20). The van der Waals surface area contributed by atoms with Crippen LogP contribution in [0.1, 0.15) is 45.6 Å². The predicted octanol–water partition coefficient (Wildman–Crippen LogP) is 4.62. The smallest absolute Gasteiger partial charge is 0.211 e. The molecule has 0 heterocycles. The Balaban J connectivity index is 2.15. The maximum absolute atomic E-state index is 13.8. The van der Waals surface area contributed by atoms with Gasteiger partial charge in [0, 0.05) is 0 Å². The van der Waals surface area contributed by atoms with Gasteiger partial charge in [-0.15, -0.1) is 0 Å². The first-order valence-electron chi connectivity index (χ1n) is 7.11. The van der Waals surface area contributed by atoms with E-state index in [-0.39, 0.29) is 11.5 Å². The van der Waals surface area contributed by atoms with Gasteiger partial charge in [-0.2, -0.15) is 0 Å². The Kier molecular flexibility index (Phi) is 4.26. The van der Waals surface area contributed by atoms with Crippen LogP contribution in [0.25, 0.3) is 5.57 Å². The van der Waals surface area contributed by atoms with Crippen molar-refractivity contribution in [1.82, 2.24) is 0 Å². The summed E-state index contributed by atoms with van der Waals surface area (Å²) in [6.45, 7) is 6.82. The van der Waals surface area contributed by atoms with Gasteiger partial charge in [0.2, 0.25) is 6.41 Å². The van der Waals surface area contributed by atoms with E-state index >= 15 is 0 Å². The van der Waals surface area contributed by atoms with Gasteiger partial charge < -0.3 is 5.32 Å². The van der Waals surface area contributed by atoms with Crippen molar-refractivity contribution in [2.24, 2.45) is 11.3 Å². The average Bonchev–Trinajstić information content (AvgIpc) is 2.40. The van der Waals surface area contributed by atoms with Gasteiger partial charge in [-0.25, -0.2) is 4.39 Å². The van der Waals surface area contributed by atoms with Crippen molar-refractivity contribution in [3.63, 3.8) is 0 Å². The highest BCUT2D eigenvalue weighted by atomic mass is 19.1. The zero-order chi connectivity index (χ0) is 14.8. The topological polar surface area (TPSA) is 29.1 Å². The molecule has 1 N–H and O–H groups in total. The molecule has 1 amide bonds. The van der Waals surface area contributed by atoms with Crippen LogP contribution in [0.3, 0.4) is 0 Å². The highest BCUT2D eigenvalue weighted by molar-refractivity contribution is 5.74. The van der Waals surface area contributed by atoms with Crippen LogP contribution in [0.4, 0.5) is 10.1 Å². The lowest BCUT2D eigenvalue weighted by Crippen LogP contribution is -2.21. The van der Waals surface area contributed by atoms with E-state index in [2.05, 4.69) is 32.2 Å². The maximum atomic E-state index is 13.8. The number of anilines is 1. The second-order valence-electron chi connectivity index (χ2n) is 6.52. The molecule has 0 radical (unpaired) electrons. The van der Waals surface area contributed by atoms with E-state index in [1.165, 1.54) is 11.6 Å².